The number of nitrogens with zero attached hydrogens (tertiary/aromatic N) is 3. The van der Waals surface area contributed by atoms with E-state index in [9.17, 15) is 14.4 Å². The molecule has 10 nitrogen and oxygen atoms in total. The third-order valence-corrected chi connectivity index (χ3v) is 5.54. The number of aromatic nitrogens is 3. The van der Waals surface area contributed by atoms with E-state index in [2.05, 4.69) is 20.6 Å². The van der Waals surface area contributed by atoms with Crippen molar-refractivity contribution in [1.29, 1.82) is 0 Å². The Bertz CT molecular complexity index is 1260. The van der Waals surface area contributed by atoms with Gasteiger partial charge in [0.25, 0.3) is 11.8 Å². The van der Waals surface area contributed by atoms with Crippen LogP contribution in [0.4, 0.5) is 0 Å². The summed E-state index contributed by atoms with van der Waals surface area (Å²) in [5.41, 5.74) is 7.47. The smallest absolute Gasteiger partial charge is 0.408 e. The molecule has 1 aliphatic carbocycles. The van der Waals surface area contributed by atoms with Gasteiger partial charge in [-0.05, 0) is 48.7 Å². The first kappa shape index (κ1) is 21.3. The molecule has 0 atom stereocenters. The maximum Gasteiger partial charge on any atom is 0.419 e. The number of aryl methyl sites for hydroxylation is 1. The van der Waals surface area contributed by atoms with Gasteiger partial charge in [0.1, 0.15) is 11.4 Å². The van der Waals surface area contributed by atoms with Gasteiger partial charge in [-0.25, -0.2) is 14.8 Å². The molecule has 10 heteroatoms. The molecule has 0 spiro atoms. The van der Waals surface area contributed by atoms with Crippen LogP contribution in [0.1, 0.15) is 51.6 Å². The van der Waals surface area contributed by atoms with E-state index in [1.165, 1.54) is 29.3 Å². The first-order valence-corrected chi connectivity index (χ1v) is 10.4. The number of nitrogens with one attached hydrogen (secondary N) is 2. The predicted molar refractivity (Wildman–Crippen MR) is 118 cm³/mol. The fraction of sp³-hybridized carbons (Fsp3) is 0.318. The summed E-state index contributed by atoms with van der Waals surface area (Å²) in [4.78, 5) is 45.3. The Kier molecular flexibility index (Phi) is 6.02. The van der Waals surface area contributed by atoms with Crippen molar-refractivity contribution in [3.63, 3.8) is 0 Å². The summed E-state index contributed by atoms with van der Waals surface area (Å²) in [6.07, 6.45) is 6.08. The SMILES string of the molecule is Cn1c(=O)oc2ccc(CNC(=O)c3cc(C(=O)NCC4CCC4)nc(C=CN)n3)cc21. The van der Waals surface area contributed by atoms with Crippen LogP contribution in [-0.2, 0) is 13.6 Å². The molecular formula is C22H24N6O4. The first-order valence-electron chi connectivity index (χ1n) is 10.4. The van der Waals surface area contributed by atoms with Crippen LogP contribution >= 0.6 is 0 Å². The lowest BCUT2D eigenvalue weighted by molar-refractivity contribution is 0.0933. The van der Waals surface area contributed by atoms with Crippen LogP contribution in [0.2, 0.25) is 0 Å². The molecule has 2 aromatic heterocycles. The third-order valence-electron chi connectivity index (χ3n) is 5.54. The number of oxazole rings is 1. The van der Waals surface area contributed by atoms with Crippen LogP contribution in [0.5, 0.6) is 0 Å². The molecule has 0 aliphatic heterocycles. The summed E-state index contributed by atoms with van der Waals surface area (Å²) in [5, 5.41) is 5.64. The number of carbonyl (C=O) groups is 2. The van der Waals surface area contributed by atoms with Crippen molar-refractivity contribution in [1.82, 2.24) is 25.2 Å². The lowest BCUT2D eigenvalue weighted by atomic mass is 9.85. The number of hydrogen-bond donors (Lipinski definition) is 3. The van der Waals surface area contributed by atoms with Gasteiger partial charge in [0, 0.05) is 26.2 Å². The van der Waals surface area contributed by atoms with Gasteiger partial charge in [-0.15, -0.1) is 0 Å². The monoisotopic (exact) mass is 436 g/mol. The molecule has 32 heavy (non-hydrogen) atoms. The first-order chi connectivity index (χ1) is 15.4. The normalized spacial score (nSPS) is 13.9. The molecule has 3 aromatic rings. The zero-order chi connectivity index (χ0) is 22.7. The molecule has 1 fully saturated rings. The van der Waals surface area contributed by atoms with Crippen LogP contribution in [0.3, 0.4) is 0 Å². The van der Waals surface area contributed by atoms with Gasteiger partial charge in [0.2, 0.25) is 0 Å². The van der Waals surface area contributed by atoms with E-state index in [4.69, 9.17) is 10.2 Å². The third kappa shape index (κ3) is 4.53. The lowest BCUT2D eigenvalue weighted by Gasteiger charge is -2.25. The van der Waals surface area contributed by atoms with Crippen LogP contribution < -0.4 is 22.1 Å². The number of rotatable bonds is 7. The maximum atomic E-state index is 12.7. The molecule has 0 saturated heterocycles. The Balaban J connectivity index is 1.49. The van der Waals surface area contributed by atoms with Crippen molar-refractivity contribution in [2.24, 2.45) is 18.7 Å². The van der Waals surface area contributed by atoms with E-state index in [1.807, 2.05) is 0 Å². The molecule has 1 aliphatic rings. The van der Waals surface area contributed by atoms with Crippen molar-refractivity contribution in [2.45, 2.75) is 25.8 Å². The summed E-state index contributed by atoms with van der Waals surface area (Å²) in [7, 11) is 1.61. The number of benzene rings is 1. The molecule has 1 aromatic carbocycles. The standard InChI is InChI=1S/C22H24N6O4/c1-28-17-9-14(5-6-18(17)32-22(28)31)12-25-21(30)16-10-15(26-19(27-16)7-8-23)20(29)24-11-13-3-2-4-13/h5-10,13H,2-4,11-12,23H2,1H3,(H,24,29)(H,25,30). The van der Waals surface area contributed by atoms with Gasteiger partial charge in [-0.1, -0.05) is 12.5 Å². The second-order valence-corrected chi connectivity index (χ2v) is 7.77. The summed E-state index contributed by atoms with van der Waals surface area (Å²) < 4.78 is 6.51. The largest absolute Gasteiger partial charge is 0.419 e. The average Bonchev–Trinajstić information content (AvgIpc) is 3.04. The van der Waals surface area contributed by atoms with Crippen LogP contribution in [0, 0.1) is 5.92 Å². The summed E-state index contributed by atoms with van der Waals surface area (Å²) in [6.45, 7) is 0.787. The number of hydrogen-bond acceptors (Lipinski definition) is 7. The van der Waals surface area contributed by atoms with Crippen molar-refractivity contribution in [2.75, 3.05) is 6.54 Å². The van der Waals surface area contributed by atoms with Crippen molar-refractivity contribution < 1.29 is 14.0 Å². The zero-order valence-corrected chi connectivity index (χ0v) is 17.6. The fourth-order valence-corrected chi connectivity index (χ4v) is 3.44. The number of nitrogens with two attached hydrogens (primary N) is 1. The van der Waals surface area contributed by atoms with Crippen LogP contribution in [-0.4, -0.2) is 32.9 Å². The van der Waals surface area contributed by atoms with E-state index >= 15 is 0 Å². The Morgan fingerprint density at radius 2 is 1.91 bits per heavy atom. The van der Waals surface area contributed by atoms with Gasteiger partial charge in [-0.2, -0.15) is 0 Å². The molecule has 1 saturated carbocycles. The molecule has 0 bridgehead atoms. The van der Waals surface area contributed by atoms with Gasteiger partial charge >= 0.3 is 5.76 Å². The van der Waals surface area contributed by atoms with Crippen molar-refractivity contribution >= 4 is 29.0 Å². The minimum Gasteiger partial charge on any atom is -0.408 e. The van der Waals surface area contributed by atoms with E-state index in [0.29, 0.717) is 23.6 Å². The lowest BCUT2D eigenvalue weighted by Crippen LogP contribution is -2.33. The van der Waals surface area contributed by atoms with E-state index < -0.39 is 11.7 Å². The highest BCUT2D eigenvalue weighted by molar-refractivity contribution is 5.97. The average molecular weight is 436 g/mol. The quantitative estimate of drug-likeness (QED) is 0.506. The van der Waals surface area contributed by atoms with Gasteiger partial charge in [-0.3, -0.25) is 14.2 Å². The molecular weight excluding hydrogens is 412 g/mol. The van der Waals surface area contributed by atoms with E-state index in [-0.39, 0.29) is 29.7 Å². The Morgan fingerprint density at radius 3 is 2.56 bits per heavy atom. The highest BCUT2D eigenvalue weighted by Gasteiger charge is 2.20. The fourth-order valence-electron chi connectivity index (χ4n) is 3.44. The minimum atomic E-state index is -0.465. The Hall–Kier alpha value is -3.95. The minimum absolute atomic E-state index is 0.0543. The number of fused-ring (bicyclic) bond motifs is 1. The zero-order valence-electron chi connectivity index (χ0n) is 17.6. The number of amides is 2. The summed E-state index contributed by atoms with van der Waals surface area (Å²) >= 11 is 0. The van der Waals surface area contributed by atoms with E-state index in [0.717, 1.165) is 18.4 Å². The predicted octanol–water partition coefficient (Wildman–Crippen LogP) is 1.31. The van der Waals surface area contributed by atoms with Crippen LogP contribution in [0.25, 0.3) is 17.2 Å². The maximum absolute atomic E-state index is 12.7. The molecule has 0 radical (unpaired) electrons. The van der Waals surface area contributed by atoms with Crippen molar-refractivity contribution in [3.05, 3.63) is 63.8 Å². The van der Waals surface area contributed by atoms with Gasteiger partial charge < -0.3 is 20.8 Å². The second-order valence-electron chi connectivity index (χ2n) is 7.77. The van der Waals surface area contributed by atoms with E-state index in [1.54, 1.807) is 25.2 Å². The Labute approximate surface area is 183 Å². The van der Waals surface area contributed by atoms with Crippen molar-refractivity contribution in [3.8, 4) is 0 Å². The van der Waals surface area contributed by atoms with Gasteiger partial charge in [0.15, 0.2) is 11.4 Å². The molecule has 4 rings (SSSR count). The summed E-state index contributed by atoms with van der Waals surface area (Å²) in [6, 6.07) is 6.57. The highest BCUT2D eigenvalue weighted by atomic mass is 16.4. The molecule has 0 unspecified atom stereocenters. The molecule has 2 heterocycles. The molecule has 4 N–H and O–H groups in total. The second kappa shape index (κ2) is 9.04. The number of carbonyl (C=O) groups excluding carboxylic acids is 2. The summed E-state index contributed by atoms with van der Waals surface area (Å²) in [5.74, 6) is -0.604. The Morgan fingerprint density at radius 1 is 1.19 bits per heavy atom. The molecule has 2 amide bonds. The van der Waals surface area contributed by atoms with Crippen LogP contribution in [0.15, 0.2) is 39.7 Å². The topological polar surface area (TPSA) is 145 Å². The molecule has 166 valence electrons. The highest BCUT2D eigenvalue weighted by Crippen LogP contribution is 2.25. The van der Waals surface area contributed by atoms with Gasteiger partial charge in [0.05, 0.1) is 5.52 Å².